The molecule has 0 amide bonds. The topological polar surface area (TPSA) is 74.6 Å². The highest BCUT2D eigenvalue weighted by Gasteiger charge is 2.54. The van der Waals surface area contributed by atoms with E-state index >= 15 is 0 Å². The van der Waals surface area contributed by atoms with Crippen molar-refractivity contribution in [2.75, 3.05) is 18.1 Å². The summed E-state index contributed by atoms with van der Waals surface area (Å²) in [6, 6.07) is 0. The molecule has 1 heterocycles. The van der Waals surface area contributed by atoms with Crippen molar-refractivity contribution < 1.29 is 18.6 Å². The van der Waals surface area contributed by atoms with Gasteiger partial charge in [-0.15, -0.1) is 0 Å². The molecule has 0 aromatic heterocycles. The summed E-state index contributed by atoms with van der Waals surface area (Å²) in [6.07, 6.45) is 4.30. The highest BCUT2D eigenvalue weighted by molar-refractivity contribution is 7.91. The van der Waals surface area contributed by atoms with Gasteiger partial charge in [0.05, 0.1) is 23.7 Å². The van der Waals surface area contributed by atoms with Gasteiger partial charge in [0.15, 0.2) is 9.84 Å². The summed E-state index contributed by atoms with van der Waals surface area (Å²) < 4.78 is 23.4. The fourth-order valence-corrected chi connectivity index (χ4v) is 5.40. The van der Waals surface area contributed by atoms with Crippen LogP contribution in [0.15, 0.2) is 0 Å². The van der Waals surface area contributed by atoms with E-state index in [2.05, 4.69) is 0 Å². The Morgan fingerprint density at radius 3 is 2.19 bits per heavy atom. The summed E-state index contributed by atoms with van der Waals surface area (Å²) in [5.74, 6) is 0.151. The third kappa shape index (κ3) is 1.89. The maximum absolute atomic E-state index is 11.7. The summed E-state index contributed by atoms with van der Waals surface area (Å²) in [7, 11) is -3.10. The van der Waals surface area contributed by atoms with Crippen molar-refractivity contribution in [1.29, 1.82) is 0 Å². The van der Waals surface area contributed by atoms with Crippen LogP contribution in [0.4, 0.5) is 0 Å². The van der Waals surface area contributed by atoms with E-state index < -0.39 is 20.9 Å². The zero-order valence-electron chi connectivity index (χ0n) is 9.48. The lowest BCUT2D eigenvalue weighted by molar-refractivity contribution is -0.0993. The second-order valence-electron chi connectivity index (χ2n) is 5.37. The van der Waals surface area contributed by atoms with Gasteiger partial charge in [-0.3, -0.25) is 0 Å². The zero-order chi connectivity index (χ0) is 11.9. The largest absolute Gasteiger partial charge is 0.396 e. The number of aliphatic hydroxyl groups excluding tert-OH is 1. The van der Waals surface area contributed by atoms with Gasteiger partial charge in [0.2, 0.25) is 0 Å². The van der Waals surface area contributed by atoms with E-state index in [-0.39, 0.29) is 18.1 Å². The summed E-state index contributed by atoms with van der Waals surface area (Å²) in [4.78, 5) is 0. The minimum Gasteiger partial charge on any atom is -0.396 e. The van der Waals surface area contributed by atoms with Crippen molar-refractivity contribution in [2.45, 2.75) is 44.1 Å². The maximum Gasteiger partial charge on any atom is 0.151 e. The lowest BCUT2D eigenvalue weighted by atomic mass is 9.69. The second kappa shape index (κ2) is 3.96. The molecule has 2 fully saturated rings. The Kier molecular flexibility index (Phi) is 3.05. The molecule has 1 aliphatic heterocycles. The Labute approximate surface area is 96.6 Å². The minimum absolute atomic E-state index is 0.0486. The number of hydrogen-bond donors (Lipinski definition) is 2. The van der Waals surface area contributed by atoms with Gasteiger partial charge in [-0.05, 0) is 25.7 Å². The van der Waals surface area contributed by atoms with Crippen molar-refractivity contribution in [2.24, 2.45) is 5.41 Å². The molecule has 1 unspecified atom stereocenters. The third-order valence-electron chi connectivity index (χ3n) is 4.33. The normalized spacial score (nSPS) is 37.4. The fourth-order valence-electron chi connectivity index (χ4n) is 3.32. The van der Waals surface area contributed by atoms with Crippen LogP contribution >= 0.6 is 0 Å². The molecule has 0 radical (unpaired) electrons. The predicted molar refractivity (Wildman–Crippen MR) is 60.8 cm³/mol. The van der Waals surface area contributed by atoms with Crippen molar-refractivity contribution in [3.8, 4) is 0 Å². The average Bonchev–Trinajstić information content (AvgIpc) is 2.65. The molecule has 16 heavy (non-hydrogen) atoms. The molecular formula is C11H20O4S. The van der Waals surface area contributed by atoms with Crippen LogP contribution in [0.1, 0.15) is 38.5 Å². The number of hydrogen-bond acceptors (Lipinski definition) is 4. The number of sulfone groups is 1. The summed E-state index contributed by atoms with van der Waals surface area (Å²) in [6.45, 7) is -0.220. The Hall–Kier alpha value is -0.130. The lowest BCUT2D eigenvalue weighted by Crippen LogP contribution is -2.55. The van der Waals surface area contributed by atoms with Crippen LogP contribution in [0.25, 0.3) is 0 Å². The van der Waals surface area contributed by atoms with Crippen LogP contribution in [-0.4, -0.2) is 42.3 Å². The summed E-state index contributed by atoms with van der Waals surface area (Å²) in [5, 5.41) is 20.1. The summed E-state index contributed by atoms with van der Waals surface area (Å²) >= 11 is 0. The van der Waals surface area contributed by atoms with Crippen LogP contribution in [-0.2, 0) is 9.84 Å². The van der Waals surface area contributed by atoms with E-state index in [0.29, 0.717) is 25.7 Å². The Balaban J connectivity index is 2.31. The molecule has 0 bridgehead atoms. The highest BCUT2D eigenvalue weighted by Crippen LogP contribution is 2.49. The number of rotatable bonds is 2. The van der Waals surface area contributed by atoms with Gasteiger partial charge < -0.3 is 10.2 Å². The van der Waals surface area contributed by atoms with Gasteiger partial charge in [-0.25, -0.2) is 8.42 Å². The van der Waals surface area contributed by atoms with Crippen LogP contribution < -0.4 is 0 Å². The molecule has 1 atom stereocenters. The van der Waals surface area contributed by atoms with Gasteiger partial charge in [0, 0.05) is 5.41 Å². The van der Waals surface area contributed by atoms with Gasteiger partial charge in [-0.2, -0.15) is 0 Å². The molecule has 1 saturated heterocycles. The van der Waals surface area contributed by atoms with Crippen LogP contribution in [0.5, 0.6) is 0 Å². The SMILES string of the molecule is O=S1(=O)CCCC(CO)(C2(O)CCCC2)C1. The van der Waals surface area contributed by atoms with Gasteiger partial charge in [0.25, 0.3) is 0 Å². The molecule has 94 valence electrons. The van der Waals surface area contributed by atoms with E-state index in [4.69, 9.17) is 0 Å². The molecule has 2 aliphatic rings. The molecule has 2 N–H and O–H groups in total. The van der Waals surface area contributed by atoms with E-state index in [1.165, 1.54) is 0 Å². The molecule has 0 aromatic rings. The monoisotopic (exact) mass is 248 g/mol. The first kappa shape index (κ1) is 12.3. The van der Waals surface area contributed by atoms with E-state index in [1.54, 1.807) is 0 Å². The van der Waals surface area contributed by atoms with Crippen molar-refractivity contribution >= 4 is 9.84 Å². The fraction of sp³-hybridized carbons (Fsp3) is 1.00. The minimum atomic E-state index is -3.10. The van der Waals surface area contributed by atoms with E-state index in [1.807, 2.05) is 0 Å². The molecule has 1 saturated carbocycles. The Morgan fingerprint density at radius 2 is 1.69 bits per heavy atom. The van der Waals surface area contributed by atoms with Crippen LogP contribution in [0.3, 0.4) is 0 Å². The maximum atomic E-state index is 11.7. The van der Waals surface area contributed by atoms with Crippen molar-refractivity contribution in [1.82, 2.24) is 0 Å². The number of aliphatic hydroxyl groups is 2. The first-order chi connectivity index (χ1) is 7.43. The first-order valence-corrected chi connectivity index (χ1v) is 7.79. The second-order valence-corrected chi connectivity index (χ2v) is 7.56. The lowest BCUT2D eigenvalue weighted by Gasteiger charge is -2.46. The van der Waals surface area contributed by atoms with Gasteiger partial charge in [-0.1, -0.05) is 12.8 Å². The van der Waals surface area contributed by atoms with E-state index in [0.717, 1.165) is 12.8 Å². The highest BCUT2D eigenvalue weighted by atomic mass is 32.2. The van der Waals surface area contributed by atoms with E-state index in [9.17, 15) is 18.6 Å². The van der Waals surface area contributed by atoms with Crippen molar-refractivity contribution in [3.05, 3.63) is 0 Å². The third-order valence-corrected chi connectivity index (χ3v) is 6.23. The Morgan fingerprint density at radius 1 is 1.06 bits per heavy atom. The summed E-state index contributed by atoms with van der Waals surface area (Å²) in [5.41, 5.74) is -1.77. The molecule has 0 spiro atoms. The first-order valence-electron chi connectivity index (χ1n) is 5.97. The zero-order valence-corrected chi connectivity index (χ0v) is 10.3. The quantitative estimate of drug-likeness (QED) is 0.745. The molecule has 4 nitrogen and oxygen atoms in total. The smallest absolute Gasteiger partial charge is 0.151 e. The molecular weight excluding hydrogens is 228 g/mol. The van der Waals surface area contributed by atoms with Crippen LogP contribution in [0, 0.1) is 5.41 Å². The van der Waals surface area contributed by atoms with Crippen LogP contribution in [0.2, 0.25) is 0 Å². The predicted octanol–water partition coefficient (Wildman–Crippen LogP) is 0.479. The molecule has 5 heteroatoms. The molecule has 2 rings (SSSR count). The van der Waals surface area contributed by atoms with Crippen molar-refractivity contribution in [3.63, 3.8) is 0 Å². The molecule has 1 aliphatic carbocycles. The Bertz CT molecular complexity index is 356. The average molecular weight is 248 g/mol. The standard InChI is InChI=1S/C11H20O4S/c12-8-10(11(13)5-1-2-6-11)4-3-7-16(14,15)9-10/h12-13H,1-9H2. The van der Waals surface area contributed by atoms with Gasteiger partial charge in [0.1, 0.15) is 0 Å². The van der Waals surface area contributed by atoms with Gasteiger partial charge >= 0.3 is 0 Å². The molecule has 0 aromatic carbocycles.